The van der Waals surface area contributed by atoms with E-state index in [1.165, 1.54) is 5.56 Å². The number of carbonyl (C=O) groups excluding carboxylic acids is 1. The van der Waals surface area contributed by atoms with Crippen LogP contribution in [0.1, 0.15) is 19.3 Å². The molecule has 0 bridgehead atoms. The number of amides is 1. The summed E-state index contributed by atoms with van der Waals surface area (Å²) in [5, 5.41) is 2.90. The third-order valence-electron chi connectivity index (χ3n) is 3.95. The fourth-order valence-electron chi connectivity index (χ4n) is 2.42. The van der Waals surface area contributed by atoms with Crippen LogP contribution < -0.4 is 11.1 Å². The van der Waals surface area contributed by atoms with E-state index in [4.69, 9.17) is 5.73 Å². The summed E-state index contributed by atoms with van der Waals surface area (Å²) in [5.74, 6) is -0.0730. The highest BCUT2D eigenvalue weighted by Gasteiger charge is 2.40. The molecule has 0 aromatic heterocycles. The molecule has 1 amide bonds. The molecule has 0 radical (unpaired) electrons. The van der Waals surface area contributed by atoms with Gasteiger partial charge in [-0.25, -0.2) is 0 Å². The molecule has 1 aliphatic carbocycles. The molecular weight excluding hydrogens is 248 g/mol. The minimum atomic E-state index is -0.655. The van der Waals surface area contributed by atoms with Crippen molar-refractivity contribution < 1.29 is 4.79 Å². The number of carbonyl (C=O) groups is 1. The van der Waals surface area contributed by atoms with Gasteiger partial charge in [0.25, 0.3) is 0 Å². The molecule has 0 heterocycles. The van der Waals surface area contributed by atoms with Crippen LogP contribution in [0.5, 0.6) is 0 Å². The third kappa shape index (κ3) is 2.45. The van der Waals surface area contributed by atoms with Gasteiger partial charge in [-0.3, -0.25) is 4.79 Å². The van der Waals surface area contributed by atoms with Gasteiger partial charge in [-0.1, -0.05) is 42.5 Å². The molecule has 0 atom stereocenters. The first-order chi connectivity index (χ1) is 9.67. The second-order valence-corrected chi connectivity index (χ2v) is 5.41. The van der Waals surface area contributed by atoms with Gasteiger partial charge in [0.2, 0.25) is 5.91 Å². The van der Waals surface area contributed by atoms with Crippen LogP contribution in [0, 0.1) is 0 Å². The molecule has 0 spiro atoms. The number of hydrogen-bond donors (Lipinski definition) is 2. The number of rotatable bonds is 3. The average Bonchev–Trinajstić information content (AvgIpc) is 2.46. The number of hydrogen-bond acceptors (Lipinski definition) is 2. The summed E-state index contributed by atoms with van der Waals surface area (Å²) in [5.41, 5.74) is 8.45. The van der Waals surface area contributed by atoms with Crippen LogP contribution in [0.25, 0.3) is 11.1 Å². The minimum Gasteiger partial charge on any atom is -0.324 e. The van der Waals surface area contributed by atoms with Gasteiger partial charge in [0, 0.05) is 5.69 Å². The quantitative estimate of drug-likeness (QED) is 0.896. The van der Waals surface area contributed by atoms with Crippen molar-refractivity contribution in [3.63, 3.8) is 0 Å². The summed E-state index contributed by atoms with van der Waals surface area (Å²) >= 11 is 0. The Morgan fingerprint density at radius 1 is 0.950 bits per heavy atom. The number of nitrogens with two attached hydrogens (primary N) is 1. The summed E-state index contributed by atoms with van der Waals surface area (Å²) in [6.07, 6.45) is 2.60. The van der Waals surface area contributed by atoms with Crippen LogP contribution in [-0.2, 0) is 4.79 Å². The predicted octanol–water partition coefficient (Wildman–Crippen LogP) is 3.17. The van der Waals surface area contributed by atoms with E-state index in [1.807, 2.05) is 42.5 Å². The molecule has 1 aliphatic rings. The molecule has 102 valence electrons. The van der Waals surface area contributed by atoms with E-state index in [9.17, 15) is 4.79 Å². The van der Waals surface area contributed by atoms with E-state index in [2.05, 4.69) is 17.4 Å². The van der Waals surface area contributed by atoms with Gasteiger partial charge in [0.05, 0.1) is 5.54 Å². The molecule has 3 rings (SSSR count). The van der Waals surface area contributed by atoms with Crippen molar-refractivity contribution >= 4 is 11.6 Å². The molecule has 20 heavy (non-hydrogen) atoms. The molecule has 0 aliphatic heterocycles. The first kappa shape index (κ1) is 12.9. The number of nitrogens with one attached hydrogen (secondary N) is 1. The maximum atomic E-state index is 12.0. The Hall–Kier alpha value is -2.13. The van der Waals surface area contributed by atoms with Crippen LogP contribution in [0.4, 0.5) is 5.69 Å². The molecular formula is C17H18N2O. The van der Waals surface area contributed by atoms with E-state index in [1.54, 1.807) is 0 Å². The van der Waals surface area contributed by atoms with Gasteiger partial charge in [0.1, 0.15) is 0 Å². The monoisotopic (exact) mass is 266 g/mol. The highest BCUT2D eigenvalue weighted by molar-refractivity contribution is 5.98. The van der Waals surface area contributed by atoms with Crippen LogP contribution in [0.15, 0.2) is 54.6 Å². The maximum Gasteiger partial charge on any atom is 0.244 e. The van der Waals surface area contributed by atoms with E-state index in [0.29, 0.717) is 0 Å². The molecule has 3 heteroatoms. The SMILES string of the molecule is NC1(C(=O)Nc2ccc(-c3ccccc3)cc2)CCC1. The molecule has 1 saturated carbocycles. The molecule has 2 aromatic rings. The summed E-state index contributed by atoms with van der Waals surface area (Å²) in [6.45, 7) is 0. The number of anilines is 1. The zero-order valence-electron chi connectivity index (χ0n) is 11.3. The van der Waals surface area contributed by atoms with Crippen LogP contribution in [0.2, 0.25) is 0 Å². The summed E-state index contributed by atoms with van der Waals surface area (Å²) < 4.78 is 0. The van der Waals surface area contributed by atoms with Crippen molar-refractivity contribution in [3.05, 3.63) is 54.6 Å². The van der Waals surface area contributed by atoms with Gasteiger partial charge in [-0.2, -0.15) is 0 Å². The fourth-order valence-corrected chi connectivity index (χ4v) is 2.42. The zero-order chi connectivity index (χ0) is 14.0. The van der Waals surface area contributed by atoms with E-state index in [-0.39, 0.29) is 5.91 Å². The molecule has 3 N–H and O–H groups in total. The topological polar surface area (TPSA) is 55.1 Å². The Labute approximate surface area is 118 Å². The maximum absolute atomic E-state index is 12.0. The highest BCUT2D eigenvalue weighted by atomic mass is 16.2. The van der Waals surface area contributed by atoms with Crippen LogP contribution in [0.3, 0.4) is 0 Å². The summed E-state index contributed by atoms with van der Waals surface area (Å²) in [7, 11) is 0. The molecule has 3 nitrogen and oxygen atoms in total. The fraction of sp³-hybridized carbons (Fsp3) is 0.235. The number of benzene rings is 2. The van der Waals surface area contributed by atoms with Crippen molar-refractivity contribution in [2.75, 3.05) is 5.32 Å². The lowest BCUT2D eigenvalue weighted by atomic mass is 9.77. The summed E-state index contributed by atoms with van der Waals surface area (Å²) in [6, 6.07) is 18.0. The lowest BCUT2D eigenvalue weighted by Gasteiger charge is -2.36. The smallest absolute Gasteiger partial charge is 0.244 e. The van der Waals surface area contributed by atoms with Gasteiger partial charge < -0.3 is 11.1 Å². The zero-order valence-corrected chi connectivity index (χ0v) is 11.3. The van der Waals surface area contributed by atoms with Crippen molar-refractivity contribution in [2.24, 2.45) is 5.73 Å². The van der Waals surface area contributed by atoms with Gasteiger partial charge in [-0.05, 0) is 42.5 Å². The van der Waals surface area contributed by atoms with Gasteiger partial charge in [0.15, 0.2) is 0 Å². The average molecular weight is 266 g/mol. The second kappa shape index (κ2) is 5.10. The lowest BCUT2D eigenvalue weighted by molar-refractivity contribution is -0.123. The van der Waals surface area contributed by atoms with Crippen molar-refractivity contribution in [2.45, 2.75) is 24.8 Å². The van der Waals surface area contributed by atoms with Gasteiger partial charge in [-0.15, -0.1) is 0 Å². The standard InChI is InChI=1S/C17H18N2O/c18-17(11-4-12-17)16(20)19-15-9-7-14(8-10-15)13-5-2-1-3-6-13/h1-3,5-10H,4,11-12,18H2,(H,19,20). The van der Waals surface area contributed by atoms with Crippen molar-refractivity contribution in [3.8, 4) is 11.1 Å². The van der Waals surface area contributed by atoms with Gasteiger partial charge >= 0.3 is 0 Å². The third-order valence-corrected chi connectivity index (χ3v) is 3.95. The second-order valence-electron chi connectivity index (χ2n) is 5.41. The Bertz CT molecular complexity index is 601. The Morgan fingerprint density at radius 2 is 1.55 bits per heavy atom. The van der Waals surface area contributed by atoms with E-state index in [0.717, 1.165) is 30.5 Å². The largest absolute Gasteiger partial charge is 0.324 e. The molecule has 2 aromatic carbocycles. The highest BCUT2D eigenvalue weighted by Crippen LogP contribution is 2.30. The first-order valence-electron chi connectivity index (χ1n) is 6.93. The Morgan fingerprint density at radius 3 is 2.10 bits per heavy atom. The normalized spacial score (nSPS) is 16.2. The first-order valence-corrected chi connectivity index (χ1v) is 6.93. The van der Waals surface area contributed by atoms with Crippen LogP contribution >= 0.6 is 0 Å². The molecule has 0 unspecified atom stereocenters. The predicted molar refractivity (Wildman–Crippen MR) is 81.3 cm³/mol. The Kier molecular flexibility index (Phi) is 3.28. The van der Waals surface area contributed by atoms with E-state index < -0.39 is 5.54 Å². The summed E-state index contributed by atoms with van der Waals surface area (Å²) in [4.78, 5) is 12.0. The minimum absolute atomic E-state index is 0.0730. The Balaban J connectivity index is 1.72. The van der Waals surface area contributed by atoms with Crippen molar-refractivity contribution in [1.82, 2.24) is 0 Å². The van der Waals surface area contributed by atoms with Crippen LogP contribution in [-0.4, -0.2) is 11.4 Å². The van der Waals surface area contributed by atoms with Crippen molar-refractivity contribution in [1.29, 1.82) is 0 Å². The lowest BCUT2D eigenvalue weighted by Crippen LogP contribution is -2.56. The van der Waals surface area contributed by atoms with E-state index >= 15 is 0 Å². The molecule has 0 saturated heterocycles. The molecule has 1 fully saturated rings.